The van der Waals surface area contributed by atoms with Gasteiger partial charge in [0.15, 0.2) is 5.76 Å². The summed E-state index contributed by atoms with van der Waals surface area (Å²) in [7, 11) is -3.64. The van der Waals surface area contributed by atoms with E-state index in [2.05, 4.69) is 10.5 Å². The average Bonchev–Trinajstić information content (AvgIpc) is 3.01. The molecule has 3 rings (SSSR count). The van der Waals surface area contributed by atoms with Crippen LogP contribution in [0.2, 0.25) is 0 Å². The van der Waals surface area contributed by atoms with Gasteiger partial charge in [-0.2, -0.15) is 4.31 Å². The summed E-state index contributed by atoms with van der Waals surface area (Å²) in [5.74, 6) is 0.144. The van der Waals surface area contributed by atoms with Crippen LogP contribution in [0.5, 0.6) is 0 Å². The van der Waals surface area contributed by atoms with Gasteiger partial charge in [0, 0.05) is 25.6 Å². The van der Waals surface area contributed by atoms with Crippen LogP contribution in [-0.2, 0) is 21.2 Å². The van der Waals surface area contributed by atoms with Crippen molar-refractivity contribution in [3.05, 3.63) is 47.3 Å². The van der Waals surface area contributed by atoms with Crippen molar-refractivity contribution in [2.75, 3.05) is 19.6 Å². The van der Waals surface area contributed by atoms with Crippen molar-refractivity contribution in [3.63, 3.8) is 0 Å². The largest absolute Gasteiger partial charge is 0.360 e. The molecule has 7 nitrogen and oxygen atoms in total. The Balaban J connectivity index is 1.52. The maximum absolute atomic E-state index is 12.8. The Kier molecular flexibility index (Phi) is 5.96. The van der Waals surface area contributed by atoms with E-state index in [1.165, 1.54) is 9.87 Å². The first kappa shape index (κ1) is 19.6. The van der Waals surface area contributed by atoms with Gasteiger partial charge in [-0.05, 0) is 38.7 Å². The van der Waals surface area contributed by atoms with E-state index < -0.39 is 10.0 Å². The molecule has 0 bridgehead atoms. The molecule has 1 saturated heterocycles. The zero-order chi connectivity index (χ0) is 19.4. The van der Waals surface area contributed by atoms with Crippen LogP contribution in [0.25, 0.3) is 0 Å². The third-order valence-electron chi connectivity index (χ3n) is 4.95. The van der Waals surface area contributed by atoms with E-state index >= 15 is 0 Å². The molecule has 1 N–H and O–H groups in total. The summed E-state index contributed by atoms with van der Waals surface area (Å²) in [4.78, 5) is 12.5. The lowest BCUT2D eigenvalue weighted by Gasteiger charge is -2.30. The summed E-state index contributed by atoms with van der Waals surface area (Å²) < 4.78 is 32.1. The number of benzene rings is 1. The highest BCUT2D eigenvalue weighted by Crippen LogP contribution is 2.27. The fourth-order valence-electron chi connectivity index (χ4n) is 3.45. The molecule has 1 aromatic carbocycles. The van der Waals surface area contributed by atoms with Crippen LogP contribution < -0.4 is 5.32 Å². The highest BCUT2D eigenvalue weighted by molar-refractivity contribution is 7.89. The number of nitrogens with one attached hydrogen (secondary N) is 1. The third kappa shape index (κ3) is 4.39. The SMILES string of the molecule is Cc1noc(C)c1S(=O)(=O)N1CCC(C(=O)NCCc2ccccc2)CC1. The molecule has 0 saturated carbocycles. The fraction of sp³-hybridized carbons (Fsp3) is 0.474. The molecular weight excluding hydrogens is 366 g/mol. The van der Waals surface area contributed by atoms with E-state index in [1.807, 2.05) is 30.3 Å². The van der Waals surface area contributed by atoms with E-state index in [4.69, 9.17) is 4.52 Å². The number of sulfonamides is 1. The van der Waals surface area contributed by atoms with Crippen molar-refractivity contribution >= 4 is 15.9 Å². The van der Waals surface area contributed by atoms with Crippen molar-refractivity contribution in [2.45, 2.75) is 38.0 Å². The van der Waals surface area contributed by atoms with Crippen LogP contribution in [0.1, 0.15) is 29.9 Å². The molecule has 1 aliphatic rings. The van der Waals surface area contributed by atoms with Crippen molar-refractivity contribution in [1.29, 1.82) is 0 Å². The molecular formula is C19H25N3O4S. The Morgan fingerprint density at radius 1 is 1.22 bits per heavy atom. The lowest BCUT2D eigenvalue weighted by molar-refractivity contribution is -0.126. The van der Waals surface area contributed by atoms with Gasteiger partial charge in [0.25, 0.3) is 0 Å². The van der Waals surface area contributed by atoms with Gasteiger partial charge in [-0.15, -0.1) is 0 Å². The Hall–Kier alpha value is -2.19. The summed E-state index contributed by atoms with van der Waals surface area (Å²) in [5, 5.41) is 6.70. The number of carbonyl (C=O) groups is 1. The molecule has 146 valence electrons. The van der Waals surface area contributed by atoms with Gasteiger partial charge < -0.3 is 9.84 Å². The average molecular weight is 391 g/mol. The molecule has 8 heteroatoms. The molecule has 1 aromatic heterocycles. The minimum absolute atomic E-state index is 0.000294. The minimum Gasteiger partial charge on any atom is -0.360 e. The highest BCUT2D eigenvalue weighted by atomic mass is 32.2. The van der Waals surface area contributed by atoms with Crippen LogP contribution in [0.15, 0.2) is 39.8 Å². The van der Waals surface area contributed by atoms with Crippen LogP contribution in [0, 0.1) is 19.8 Å². The molecule has 0 aliphatic carbocycles. The van der Waals surface area contributed by atoms with E-state index in [0.29, 0.717) is 43.9 Å². The predicted octanol–water partition coefficient (Wildman–Crippen LogP) is 2.05. The minimum atomic E-state index is -3.64. The second kappa shape index (κ2) is 8.22. The van der Waals surface area contributed by atoms with E-state index in [-0.39, 0.29) is 16.7 Å². The zero-order valence-corrected chi connectivity index (χ0v) is 16.5. The first-order valence-electron chi connectivity index (χ1n) is 9.14. The maximum atomic E-state index is 12.8. The van der Waals surface area contributed by atoms with Gasteiger partial charge in [0.1, 0.15) is 10.6 Å². The van der Waals surface area contributed by atoms with Crippen molar-refractivity contribution < 1.29 is 17.7 Å². The first-order valence-corrected chi connectivity index (χ1v) is 10.6. The quantitative estimate of drug-likeness (QED) is 0.814. The third-order valence-corrected chi connectivity index (χ3v) is 7.09. The number of hydrogen-bond acceptors (Lipinski definition) is 5. The lowest BCUT2D eigenvalue weighted by atomic mass is 9.97. The normalized spacial score (nSPS) is 16.4. The monoisotopic (exact) mass is 391 g/mol. The topological polar surface area (TPSA) is 92.5 Å². The highest BCUT2D eigenvalue weighted by Gasteiger charge is 2.35. The number of piperidine rings is 1. The molecule has 1 fully saturated rings. The number of carbonyl (C=O) groups excluding carboxylic acids is 1. The number of nitrogens with zero attached hydrogens (tertiary/aromatic N) is 2. The first-order chi connectivity index (χ1) is 12.9. The number of amides is 1. The van der Waals surface area contributed by atoms with Gasteiger partial charge in [0.05, 0.1) is 0 Å². The Morgan fingerprint density at radius 3 is 2.48 bits per heavy atom. The Bertz CT molecular complexity index is 865. The molecule has 2 aromatic rings. The standard InChI is InChI=1S/C19H25N3O4S/c1-14-18(15(2)26-21-14)27(24,25)22-12-9-17(10-13-22)19(23)20-11-8-16-6-4-3-5-7-16/h3-7,17H,8-13H2,1-2H3,(H,20,23). The molecule has 2 heterocycles. The van der Waals surface area contributed by atoms with E-state index in [0.717, 1.165) is 6.42 Å². The van der Waals surface area contributed by atoms with Crippen molar-refractivity contribution in [1.82, 2.24) is 14.8 Å². The number of rotatable bonds is 6. The number of aryl methyl sites for hydroxylation is 2. The molecule has 0 radical (unpaired) electrons. The second-order valence-corrected chi connectivity index (χ2v) is 8.73. The molecule has 0 atom stereocenters. The molecule has 27 heavy (non-hydrogen) atoms. The summed E-state index contributed by atoms with van der Waals surface area (Å²) >= 11 is 0. The van der Waals surface area contributed by atoms with Gasteiger partial charge >= 0.3 is 0 Å². The molecule has 1 amide bonds. The van der Waals surface area contributed by atoms with Gasteiger partial charge in [-0.1, -0.05) is 35.5 Å². The number of aromatic nitrogens is 1. The van der Waals surface area contributed by atoms with Gasteiger partial charge in [-0.25, -0.2) is 8.42 Å². The van der Waals surface area contributed by atoms with E-state index in [1.54, 1.807) is 13.8 Å². The van der Waals surface area contributed by atoms with Crippen LogP contribution in [-0.4, -0.2) is 43.4 Å². The van der Waals surface area contributed by atoms with Crippen LogP contribution in [0.3, 0.4) is 0 Å². The van der Waals surface area contributed by atoms with Gasteiger partial charge in [0.2, 0.25) is 15.9 Å². The Morgan fingerprint density at radius 2 is 1.89 bits per heavy atom. The van der Waals surface area contributed by atoms with Crippen LogP contribution in [0.4, 0.5) is 0 Å². The van der Waals surface area contributed by atoms with E-state index in [9.17, 15) is 13.2 Å². The molecule has 0 spiro atoms. The predicted molar refractivity (Wildman–Crippen MR) is 101 cm³/mol. The molecule has 1 aliphatic heterocycles. The lowest BCUT2D eigenvalue weighted by Crippen LogP contribution is -2.43. The second-order valence-electron chi connectivity index (χ2n) is 6.86. The summed E-state index contributed by atoms with van der Waals surface area (Å²) in [6, 6.07) is 9.99. The summed E-state index contributed by atoms with van der Waals surface area (Å²) in [5.41, 5.74) is 1.55. The van der Waals surface area contributed by atoms with Crippen molar-refractivity contribution in [2.24, 2.45) is 5.92 Å². The number of hydrogen-bond donors (Lipinski definition) is 1. The van der Waals surface area contributed by atoms with Crippen LogP contribution >= 0.6 is 0 Å². The Labute approximate surface area is 159 Å². The fourth-order valence-corrected chi connectivity index (χ4v) is 5.21. The van der Waals surface area contributed by atoms with Crippen molar-refractivity contribution in [3.8, 4) is 0 Å². The maximum Gasteiger partial charge on any atom is 0.248 e. The zero-order valence-electron chi connectivity index (χ0n) is 15.6. The summed E-state index contributed by atoms with van der Waals surface area (Å²) in [6.45, 7) is 4.45. The molecule has 0 unspecified atom stereocenters. The van der Waals surface area contributed by atoms with Gasteiger partial charge in [-0.3, -0.25) is 4.79 Å². The summed E-state index contributed by atoms with van der Waals surface area (Å²) in [6.07, 6.45) is 1.81. The smallest absolute Gasteiger partial charge is 0.248 e.